The van der Waals surface area contributed by atoms with Gasteiger partial charge < -0.3 is 9.88 Å². The first-order chi connectivity index (χ1) is 12.9. The summed E-state index contributed by atoms with van der Waals surface area (Å²) in [6.07, 6.45) is 4.06. The van der Waals surface area contributed by atoms with E-state index in [0.29, 0.717) is 44.0 Å². The molecule has 0 unspecified atom stereocenters. The highest BCUT2D eigenvalue weighted by molar-refractivity contribution is 7.89. The fourth-order valence-corrected chi connectivity index (χ4v) is 4.60. The van der Waals surface area contributed by atoms with Gasteiger partial charge in [-0.2, -0.15) is 4.31 Å². The Morgan fingerprint density at radius 2 is 1.93 bits per heavy atom. The molecule has 1 aliphatic heterocycles. The van der Waals surface area contributed by atoms with Crippen molar-refractivity contribution in [3.8, 4) is 0 Å². The topological polar surface area (TPSA) is 84.3 Å². The molecule has 0 aliphatic carbocycles. The maximum Gasteiger partial charge on any atom is 0.262 e. The molecule has 1 fully saturated rings. The molecular formula is C18H23ClN4O3S. The van der Waals surface area contributed by atoms with Crippen molar-refractivity contribution < 1.29 is 13.2 Å². The highest BCUT2D eigenvalue weighted by Crippen LogP contribution is 2.23. The first-order valence-corrected chi connectivity index (χ1v) is 10.8. The molecule has 0 spiro atoms. The smallest absolute Gasteiger partial charge is 0.262 e. The van der Waals surface area contributed by atoms with Crippen LogP contribution in [0.3, 0.4) is 0 Å². The Bertz CT molecular complexity index is 888. The lowest BCUT2D eigenvalue weighted by Crippen LogP contribution is -2.42. The van der Waals surface area contributed by atoms with Crippen LogP contribution in [-0.2, 0) is 27.9 Å². The Balaban J connectivity index is 1.53. The number of aryl methyl sites for hydroxylation is 1. The van der Waals surface area contributed by atoms with Gasteiger partial charge in [-0.1, -0.05) is 23.7 Å². The summed E-state index contributed by atoms with van der Waals surface area (Å²) in [6, 6.07) is 7.30. The third kappa shape index (κ3) is 4.69. The monoisotopic (exact) mass is 410 g/mol. The van der Waals surface area contributed by atoms with E-state index in [0.717, 1.165) is 5.56 Å². The first kappa shape index (κ1) is 19.9. The zero-order valence-electron chi connectivity index (χ0n) is 15.1. The van der Waals surface area contributed by atoms with Gasteiger partial charge in [0.15, 0.2) is 5.03 Å². The Hall–Kier alpha value is -1.90. The SMILES string of the molecule is CCn1cnc(S(=O)(=O)N2CCC(C(=O)NCc3ccc(Cl)cc3)CC2)c1. The quantitative estimate of drug-likeness (QED) is 0.791. The summed E-state index contributed by atoms with van der Waals surface area (Å²) in [5.74, 6) is -0.228. The van der Waals surface area contributed by atoms with Crippen LogP contribution in [0.5, 0.6) is 0 Å². The van der Waals surface area contributed by atoms with Crippen LogP contribution in [0.2, 0.25) is 5.02 Å². The maximum atomic E-state index is 12.7. The second-order valence-corrected chi connectivity index (χ2v) is 8.89. The van der Waals surface area contributed by atoms with E-state index in [9.17, 15) is 13.2 Å². The third-order valence-corrected chi connectivity index (χ3v) is 6.82. The number of piperidine rings is 1. The van der Waals surface area contributed by atoms with Crippen molar-refractivity contribution in [3.63, 3.8) is 0 Å². The Morgan fingerprint density at radius 1 is 1.26 bits per heavy atom. The molecule has 3 rings (SSSR count). The van der Waals surface area contributed by atoms with Crippen molar-refractivity contribution in [1.29, 1.82) is 0 Å². The van der Waals surface area contributed by atoms with Crippen LogP contribution in [0.25, 0.3) is 0 Å². The van der Waals surface area contributed by atoms with E-state index in [-0.39, 0.29) is 16.9 Å². The van der Waals surface area contributed by atoms with Crippen molar-refractivity contribution in [3.05, 3.63) is 47.4 Å². The van der Waals surface area contributed by atoms with E-state index in [1.807, 2.05) is 19.1 Å². The molecule has 1 N–H and O–H groups in total. The molecule has 27 heavy (non-hydrogen) atoms. The predicted molar refractivity (Wildman–Crippen MR) is 103 cm³/mol. The van der Waals surface area contributed by atoms with E-state index in [1.165, 1.54) is 10.6 Å². The molecule has 1 aromatic heterocycles. The molecule has 1 saturated heterocycles. The van der Waals surface area contributed by atoms with E-state index in [1.54, 1.807) is 22.9 Å². The lowest BCUT2D eigenvalue weighted by molar-refractivity contribution is -0.126. The second-order valence-electron chi connectivity index (χ2n) is 6.56. The summed E-state index contributed by atoms with van der Waals surface area (Å²) < 4.78 is 28.5. The number of carbonyl (C=O) groups excluding carboxylic acids is 1. The van der Waals surface area contributed by atoms with Crippen LogP contribution in [0.4, 0.5) is 0 Å². The lowest BCUT2D eigenvalue weighted by atomic mass is 9.97. The van der Waals surface area contributed by atoms with E-state index >= 15 is 0 Å². The van der Waals surface area contributed by atoms with E-state index in [4.69, 9.17) is 11.6 Å². The molecule has 1 amide bonds. The summed E-state index contributed by atoms with van der Waals surface area (Å²) in [4.78, 5) is 16.4. The molecule has 1 aromatic carbocycles. The van der Waals surface area contributed by atoms with Gasteiger partial charge in [-0.15, -0.1) is 0 Å². The number of imidazole rings is 1. The molecule has 9 heteroatoms. The number of amides is 1. The third-order valence-electron chi connectivity index (χ3n) is 4.78. The van der Waals surface area contributed by atoms with Crippen LogP contribution >= 0.6 is 11.6 Å². The summed E-state index contributed by atoms with van der Waals surface area (Å²) in [5, 5.41) is 3.64. The molecule has 0 radical (unpaired) electrons. The van der Waals surface area contributed by atoms with Crippen LogP contribution in [0, 0.1) is 5.92 Å². The Morgan fingerprint density at radius 3 is 2.52 bits per heavy atom. The van der Waals surface area contributed by atoms with Crippen LogP contribution < -0.4 is 5.32 Å². The van der Waals surface area contributed by atoms with Crippen molar-refractivity contribution in [2.45, 2.75) is 37.9 Å². The van der Waals surface area contributed by atoms with Crippen LogP contribution in [0.15, 0.2) is 41.8 Å². The van der Waals surface area contributed by atoms with Gasteiger partial charge in [-0.05, 0) is 37.5 Å². The summed E-state index contributed by atoms with van der Waals surface area (Å²) in [6.45, 7) is 3.66. The minimum absolute atomic E-state index is 0.0442. The number of hydrogen-bond donors (Lipinski definition) is 1. The largest absolute Gasteiger partial charge is 0.352 e. The molecule has 2 aromatic rings. The van der Waals surface area contributed by atoms with Gasteiger partial charge in [0.1, 0.15) is 0 Å². The van der Waals surface area contributed by atoms with Crippen molar-refractivity contribution in [1.82, 2.24) is 19.2 Å². The van der Waals surface area contributed by atoms with Gasteiger partial charge in [0, 0.05) is 43.3 Å². The minimum atomic E-state index is -3.60. The first-order valence-electron chi connectivity index (χ1n) is 8.94. The number of carbonyl (C=O) groups is 1. The van der Waals surface area contributed by atoms with E-state index in [2.05, 4.69) is 10.3 Å². The van der Waals surface area contributed by atoms with Crippen molar-refractivity contribution >= 4 is 27.5 Å². The minimum Gasteiger partial charge on any atom is -0.352 e. The second kappa shape index (κ2) is 8.41. The predicted octanol–water partition coefficient (Wildman–Crippen LogP) is 2.27. The van der Waals surface area contributed by atoms with Gasteiger partial charge in [0.05, 0.1) is 6.33 Å². The number of aromatic nitrogens is 2. The Kier molecular flexibility index (Phi) is 6.18. The number of nitrogens with zero attached hydrogens (tertiary/aromatic N) is 3. The fraction of sp³-hybridized carbons (Fsp3) is 0.444. The Labute approximate surface area is 164 Å². The highest BCUT2D eigenvalue weighted by atomic mass is 35.5. The molecule has 1 aliphatic rings. The van der Waals surface area contributed by atoms with Gasteiger partial charge in [0.25, 0.3) is 10.0 Å². The lowest BCUT2D eigenvalue weighted by Gasteiger charge is -2.29. The van der Waals surface area contributed by atoms with Gasteiger partial charge >= 0.3 is 0 Å². The summed E-state index contributed by atoms with van der Waals surface area (Å²) in [7, 11) is -3.60. The standard InChI is InChI=1S/C18H23ClN4O3S/c1-2-22-12-17(21-13-22)27(25,26)23-9-7-15(8-10-23)18(24)20-11-14-3-5-16(19)6-4-14/h3-6,12-13,15H,2,7-11H2,1H3,(H,20,24). The summed E-state index contributed by atoms with van der Waals surface area (Å²) >= 11 is 5.85. The fourth-order valence-electron chi connectivity index (χ4n) is 3.07. The van der Waals surface area contributed by atoms with Crippen LogP contribution in [0.1, 0.15) is 25.3 Å². The highest BCUT2D eigenvalue weighted by Gasteiger charge is 2.33. The van der Waals surface area contributed by atoms with E-state index < -0.39 is 10.0 Å². The molecule has 0 bridgehead atoms. The number of nitrogens with one attached hydrogen (secondary N) is 1. The number of benzene rings is 1. The molecule has 146 valence electrons. The van der Waals surface area contributed by atoms with Crippen LogP contribution in [-0.4, -0.2) is 41.3 Å². The normalized spacial score (nSPS) is 16.4. The molecule has 0 atom stereocenters. The van der Waals surface area contributed by atoms with Gasteiger partial charge in [-0.25, -0.2) is 13.4 Å². The average Bonchev–Trinajstić information content (AvgIpc) is 3.17. The molecular weight excluding hydrogens is 388 g/mol. The van der Waals surface area contributed by atoms with Gasteiger partial charge in [0.2, 0.25) is 5.91 Å². The number of halogens is 1. The zero-order chi connectivity index (χ0) is 19.4. The number of rotatable bonds is 6. The number of sulfonamides is 1. The van der Waals surface area contributed by atoms with Crippen molar-refractivity contribution in [2.24, 2.45) is 5.92 Å². The summed E-state index contributed by atoms with van der Waals surface area (Å²) in [5.41, 5.74) is 0.972. The molecule has 2 heterocycles. The molecule has 0 saturated carbocycles. The van der Waals surface area contributed by atoms with Gasteiger partial charge in [-0.3, -0.25) is 4.79 Å². The average molecular weight is 411 g/mol. The zero-order valence-corrected chi connectivity index (χ0v) is 16.7. The maximum absolute atomic E-state index is 12.7. The number of hydrogen-bond acceptors (Lipinski definition) is 4. The molecule has 7 nitrogen and oxygen atoms in total. The van der Waals surface area contributed by atoms with Crippen molar-refractivity contribution in [2.75, 3.05) is 13.1 Å².